The third kappa shape index (κ3) is 4.08. The molecule has 0 amide bonds. The molecule has 0 spiro atoms. The van der Waals surface area contributed by atoms with Gasteiger partial charge in [-0.1, -0.05) is 0 Å². The van der Waals surface area contributed by atoms with Crippen LogP contribution in [0.1, 0.15) is 0 Å². The number of likely N-dealkylation sites (N-methyl/N-ethyl adjacent to an activating group) is 1. The first-order valence-corrected chi connectivity index (χ1v) is 7.51. The Morgan fingerprint density at radius 1 is 1.59 bits per heavy atom. The number of ether oxygens (including phenoxy) is 1. The molecule has 94 valence electrons. The van der Waals surface area contributed by atoms with Gasteiger partial charge < -0.3 is 15.0 Å². The lowest BCUT2D eigenvalue weighted by Gasteiger charge is -2.30. The normalized spacial score (nSPS) is 21.5. The molecule has 1 aromatic rings. The Kier molecular flexibility index (Phi) is 5.08. The Morgan fingerprint density at radius 3 is 3.18 bits per heavy atom. The Balaban J connectivity index is 1.90. The van der Waals surface area contributed by atoms with Crippen LogP contribution in [0.25, 0.3) is 0 Å². The summed E-state index contributed by atoms with van der Waals surface area (Å²) in [6.45, 7) is 3.71. The standard InChI is InChI=1S/C12H16BrIN2O/c1-16-4-5-17-10(8-16)7-15-12-6-9(14)2-3-11(12)13/h2-3,6,10,15H,4-5,7-8H2,1H3. The summed E-state index contributed by atoms with van der Waals surface area (Å²) < 4.78 is 8.05. The molecule has 1 N–H and O–H groups in total. The van der Waals surface area contributed by atoms with Crippen molar-refractivity contribution >= 4 is 44.2 Å². The predicted molar refractivity (Wildman–Crippen MR) is 82.6 cm³/mol. The molecule has 0 aromatic heterocycles. The summed E-state index contributed by atoms with van der Waals surface area (Å²) >= 11 is 5.87. The summed E-state index contributed by atoms with van der Waals surface area (Å²) in [5, 5.41) is 3.44. The second kappa shape index (κ2) is 6.36. The number of hydrogen-bond donors (Lipinski definition) is 1. The van der Waals surface area contributed by atoms with Crippen LogP contribution >= 0.6 is 38.5 Å². The Morgan fingerprint density at radius 2 is 2.41 bits per heavy atom. The average Bonchev–Trinajstić information content (AvgIpc) is 2.30. The lowest BCUT2D eigenvalue weighted by molar-refractivity contribution is -0.0117. The lowest BCUT2D eigenvalue weighted by atomic mass is 10.2. The van der Waals surface area contributed by atoms with Gasteiger partial charge in [-0.25, -0.2) is 0 Å². The zero-order valence-corrected chi connectivity index (χ0v) is 13.5. The highest BCUT2D eigenvalue weighted by molar-refractivity contribution is 14.1. The van der Waals surface area contributed by atoms with E-state index in [-0.39, 0.29) is 6.10 Å². The van der Waals surface area contributed by atoms with E-state index in [0.717, 1.165) is 36.4 Å². The molecular formula is C12H16BrIN2O. The van der Waals surface area contributed by atoms with Crippen molar-refractivity contribution in [2.45, 2.75) is 6.10 Å². The summed E-state index contributed by atoms with van der Waals surface area (Å²) in [7, 11) is 2.14. The lowest BCUT2D eigenvalue weighted by Crippen LogP contribution is -2.43. The summed E-state index contributed by atoms with van der Waals surface area (Å²) in [5.41, 5.74) is 1.13. The van der Waals surface area contributed by atoms with Gasteiger partial charge in [0.15, 0.2) is 0 Å². The fourth-order valence-corrected chi connectivity index (χ4v) is 2.73. The van der Waals surface area contributed by atoms with Gasteiger partial charge in [-0.05, 0) is 63.8 Å². The number of hydrogen-bond acceptors (Lipinski definition) is 3. The van der Waals surface area contributed by atoms with Crippen LogP contribution in [0.5, 0.6) is 0 Å². The van der Waals surface area contributed by atoms with E-state index in [2.05, 4.69) is 74.0 Å². The van der Waals surface area contributed by atoms with E-state index < -0.39 is 0 Å². The van der Waals surface area contributed by atoms with Crippen LogP contribution in [0, 0.1) is 3.57 Å². The van der Waals surface area contributed by atoms with Crippen LogP contribution in [0.2, 0.25) is 0 Å². The Labute approximate surface area is 124 Å². The highest BCUT2D eigenvalue weighted by atomic mass is 127. The SMILES string of the molecule is CN1CCOC(CNc2cc(I)ccc2Br)C1. The molecule has 1 aliphatic heterocycles. The summed E-state index contributed by atoms with van der Waals surface area (Å²) in [6.07, 6.45) is 0.276. The molecule has 5 heteroatoms. The van der Waals surface area contributed by atoms with Gasteiger partial charge in [0.05, 0.1) is 12.7 Å². The van der Waals surface area contributed by atoms with E-state index in [9.17, 15) is 0 Å². The van der Waals surface area contributed by atoms with Crippen molar-refractivity contribution < 1.29 is 4.74 Å². The molecule has 0 radical (unpaired) electrons. The zero-order chi connectivity index (χ0) is 12.3. The van der Waals surface area contributed by atoms with Crippen LogP contribution in [0.4, 0.5) is 5.69 Å². The van der Waals surface area contributed by atoms with Crippen molar-refractivity contribution in [2.24, 2.45) is 0 Å². The Hall–Kier alpha value is 0.150. The molecule has 1 atom stereocenters. The van der Waals surface area contributed by atoms with Gasteiger partial charge in [0.25, 0.3) is 0 Å². The molecule has 0 bridgehead atoms. The minimum Gasteiger partial charge on any atom is -0.381 e. The number of benzene rings is 1. The molecule has 0 saturated carbocycles. The smallest absolute Gasteiger partial charge is 0.0874 e. The molecule has 1 unspecified atom stereocenters. The maximum absolute atomic E-state index is 5.72. The van der Waals surface area contributed by atoms with Crippen LogP contribution in [0.3, 0.4) is 0 Å². The third-order valence-electron chi connectivity index (χ3n) is 2.79. The van der Waals surface area contributed by atoms with Crippen molar-refractivity contribution in [2.75, 3.05) is 38.6 Å². The average molecular weight is 411 g/mol. The first-order valence-electron chi connectivity index (χ1n) is 5.64. The van der Waals surface area contributed by atoms with E-state index in [4.69, 9.17) is 4.74 Å². The van der Waals surface area contributed by atoms with E-state index in [0.29, 0.717) is 0 Å². The van der Waals surface area contributed by atoms with Gasteiger partial charge in [-0.2, -0.15) is 0 Å². The van der Waals surface area contributed by atoms with Crippen molar-refractivity contribution in [1.29, 1.82) is 0 Å². The fraction of sp³-hybridized carbons (Fsp3) is 0.500. The largest absolute Gasteiger partial charge is 0.381 e. The first kappa shape index (κ1) is 13.6. The van der Waals surface area contributed by atoms with Crippen LogP contribution in [-0.4, -0.2) is 44.3 Å². The molecule has 1 aliphatic rings. The van der Waals surface area contributed by atoms with Crippen molar-refractivity contribution in [3.8, 4) is 0 Å². The predicted octanol–water partition coefficient (Wildman–Crippen LogP) is 2.80. The molecule has 0 aliphatic carbocycles. The number of halogens is 2. The molecule has 2 rings (SSSR count). The van der Waals surface area contributed by atoms with E-state index in [1.165, 1.54) is 3.57 Å². The number of nitrogens with one attached hydrogen (secondary N) is 1. The topological polar surface area (TPSA) is 24.5 Å². The van der Waals surface area contributed by atoms with Gasteiger partial charge in [0.1, 0.15) is 0 Å². The second-order valence-corrected chi connectivity index (χ2v) is 6.36. The van der Waals surface area contributed by atoms with Gasteiger partial charge in [-0.15, -0.1) is 0 Å². The minimum atomic E-state index is 0.276. The molecule has 1 heterocycles. The van der Waals surface area contributed by atoms with Crippen LogP contribution in [-0.2, 0) is 4.74 Å². The number of morpholine rings is 1. The summed E-state index contributed by atoms with van der Waals surface area (Å²) in [4.78, 5) is 2.31. The Bertz CT molecular complexity index is 389. The van der Waals surface area contributed by atoms with Gasteiger partial charge in [-0.3, -0.25) is 0 Å². The van der Waals surface area contributed by atoms with Crippen LogP contribution in [0.15, 0.2) is 22.7 Å². The molecule has 17 heavy (non-hydrogen) atoms. The summed E-state index contributed by atoms with van der Waals surface area (Å²) in [5.74, 6) is 0. The van der Waals surface area contributed by atoms with E-state index >= 15 is 0 Å². The fourth-order valence-electron chi connectivity index (χ4n) is 1.85. The summed E-state index contributed by atoms with van der Waals surface area (Å²) in [6, 6.07) is 6.29. The highest BCUT2D eigenvalue weighted by Gasteiger charge is 2.17. The van der Waals surface area contributed by atoms with Crippen molar-refractivity contribution in [1.82, 2.24) is 4.90 Å². The quantitative estimate of drug-likeness (QED) is 0.775. The van der Waals surface area contributed by atoms with E-state index in [1.807, 2.05) is 0 Å². The van der Waals surface area contributed by atoms with Gasteiger partial charge in [0, 0.05) is 33.4 Å². The van der Waals surface area contributed by atoms with Crippen molar-refractivity contribution in [3.05, 3.63) is 26.2 Å². The number of anilines is 1. The molecule has 1 aromatic carbocycles. The first-order chi connectivity index (χ1) is 8.15. The number of nitrogens with zero attached hydrogens (tertiary/aromatic N) is 1. The zero-order valence-electron chi connectivity index (χ0n) is 9.75. The van der Waals surface area contributed by atoms with E-state index in [1.54, 1.807) is 0 Å². The highest BCUT2D eigenvalue weighted by Crippen LogP contribution is 2.24. The maximum Gasteiger partial charge on any atom is 0.0874 e. The monoisotopic (exact) mass is 410 g/mol. The second-order valence-electron chi connectivity index (χ2n) is 4.26. The minimum absolute atomic E-state index is 0.276. The van der Waals surface area contributed by atoms with Crippen LogP contribution < -0.4 is 5.32 Å². The van der Waals surface area contributed by atoms with Gasteiger partial charge in [0.2, 0.25) is 0 Å². The van der Waals surface area contributed by atoms with Crippen molar-refractivity contribution in [3.63, 3.8) is 0 Å². The number of rotatable bonds is 3. The maximum atomic E-state index is 5.72. The molecule has 3 nitrogen and oxygen atoms in total. The third-order valence-corrected chi connectivity index (χ3v) is 4.15. The molecule has 1 saturated heterocycles. The molecular weight excluding hydrogens is 395 g/mol. The molecule has 1 fully saturated rings. The van der Waals surface area contributed by atoms with Gasteiger partial charge >= 0.3 is 0 Å².